The maximum atomic E-state index is 12.5. The van der Waals surface area contributed by atoms with Crippen LogP contribution in [0.15, 0.2) is 30.5 Å². The molecule has 2 unspecified atom stereocenters. The number of carbonyl (C=O) groups excluding carboxylic acids is 1. The molecule has 0 bridgehead atoms. The third-order valence-electron chi connectivity index (χ3n) is 4.68. The Labute approximate surface area is 117 Å². The molecule has 1 aliphatic heterocycles. The summed E-state index contributed by atoms with van der Waals surface area (Å²) in [4.78, 5) is 23.3. The zero-order valence-corrected chi connectivity index (χ0v) is 11.3. The SMILES string of the molecule is O=C(c1cnc2ccccc2n1)N1CC2CCCC2C1. The maximum absolute atomic E-state index is 12.5. The summed E-state index contributed by atoms with van der Waals surface area (Å²) in [6, 6.07) is 7.67. The molecule has 2 atom stereocenters. The predicted octanol–water partition coefficient (Wildman–Crippen LogP) is 2.50. The topological polar surface area (TPSA) is 46.1 Å². The van der Waals surface area contributed by atoms with Crippen LogP contribution in [0.1, 0.15) is 29.8 Å². The van der Waals surface area contributed by atoms with Crippen LogP contribution in [0.3, 0.4) is 0 Å². The van der Waals surface area contributed by atoms with E-state index in [9.17, 15) is 4.79 Å². The summed E-state index contributed by atoms with van der Waals surface area (Å²) < 4.78 is 0. The summed E-state index contributed by atoms with van der Waals surface area (Å²) in [6.07, 6.45) is 5.49. The van der Waals surface area contributed by atoms with Gasteiger partial charge in [-0.2, -0.15) is 0 Å². The molecule has 0 spiro atoms. The van der Waals surface area contributed by atoms with Gasteiger partial charge in [0.05, 0.1) is 17.2 Å². The van der Waals surface area contributed by atoms with Gasteiger partial charge in [-0.1, -0.05) is 18.6 Å². The molecule has 2 aliphatic rings. The molecule has 102 valence electrons. The van der Waals surface area contributed by atoms with Gasteiger partial charge in [0, 0.05) is 13.1 Å². The number of hydrogen-bond acceptors (Lipinski definition) is 3. The third-order valence-corrected chi connectivity index (χ3v) is 4.68. The van der Waals surface area contributed by atoms with Gasteiger partial charge in [-0.05, 0) is 36.8 Å². The molecule has 2 heterocycles. The molecule has 2 aromatic rings. The van der Waals surface area contributed by atoms with Crippen LogP contribution < -0.4 is 0 Å². The maximum Gasteiger partial charge on any atom is 0.274 e. The van der Waals surface area contributed by atoms with Crippen LogP contribution in [-0.4, -0.2) is 33.9 Å². The second-order valence-corrected chi connectivity index (χ2v) is 5.91. The Hall–Kier alpha value is -1.97. The number of aromatic nitrogens is 2. The Bertz CT molecular complexity index is 658. The summed E-state index contributed by atoms with van der Waals surface area (Å²) in [6.45, 7) is 1.80. The highest BCUT2D eigenvalue weighted by Gasteiger charge is 2.38. The second kappa shape index (κ2) is 4.54. The van der Waals surface area contributed by atoms with Crippen molar-refractivity contribution in [2.45, 2.75) is 19.3 Å². The normalized spacial score (nSPS) is 25.1. The number of hydrogen-bond donors (Lipinski definition) is 0. The molecule has 4 heteroatoms. The largest absolute Gasteiger partial charge is 0.337 e. The summed E-state index contributed by atoms with van der Waals surface area (Å²) >= 11 is 0. The Morgan fingerprint density at radius 3 is 2.55 bits per heavy atom. The fraction of sp³-hybridized carbons (Fsp3) is 0.438. The van der Waals surface area contributed by atoms with Gasteiger partial charge >= 0.3 is 0 Å². The van der Waals surface area contributed by atoms with E-state index in [0.717, 1.165) is 24.1 Å². The lowest BCUT2D eigenvalue weighted by Gasteiger charge is -2.16. The van der Waals surface area contributed by atoms with Gasteiger partial charge in [0.2, 0.25) is 0 Å². The number of rotatable bonds is 1. The Morgan fingerprint density at radius 1 is 1.10 bits per heavy atom. The van der Waals surface area contributed by atoms with Gasteiger partial charge in [-0.15, -0.1) is 0 Å². The molecule has 2 fully saturated rings. The van der Waals surface area contributed by atoms with E-state index in [1.165, 1.54) is 19.3 Å². The van der Waals surface area contributed by atoms with Gasteiger partial charge in [0.1, 0.15) is 5.69 Å². The van der Waals surface area contributed by atoms with Gasteiger partial charge < -0.3 is 4.90 Å². The van der Waals surface area contributed by atoms with Gasteiger partial charge in [0.25, 0.3) is 5.91 Å². The number of nitrogens with zero attached hydrogens (tertiary/aromatic N) is 3. The average Bonchev–Trinajstić information content (AvgIpc) is 3.07. The van der Waals surface area contributed by atoms with Crippen molar-refractivity contribution >= 4 is 16.9 Å². The molecule has 20 heavy (non-hydrogen) atoms. The minimum atomic E-state index is 0.0395. The van der Waals surface area contributed by atoms with Crippen molar-refractivity contribution in [3.63, 3.8) is 0 Å². The lowest BCUT2D eigenvalue weighted by atomic mass is 10.0. The number of fused-ring (bicyclic) bond motifs is 2. The second-order valence-electron chi connectivity index (χ2n) is 5.91. The standard InChI is InChI=1S/C16H17N3O/c20-16(19-9-11-4-3-5-12(11)10-19)15-8-17-13-6-1-2-7-14(13)18-15/h1-2,6-8,11-12H,3-5,9-10H2. The molecule has 1 saturated heterocycles. The minimum absolute atomic E-state index is 0.0395. The minimum Gasteiger partial charge on any atom is -0.337 e. The molecule has 1 aliphatic carbocycles. The van der Waals surface area contributed by atoms with Crippen LogP contribution in [0.5, 0.6) is 0 Å². The number of likely N-dealkylation sites (tertiary alicyclic amines) is 1. The van der Waals surface area contributed by atoms with Gasteiger partial charge in [-0.3, -0.25) is 9.78 Å². The van der Waals surface area contributed by atoms with Gasteiger partial charge in [-0.25, -0.2) is 4.98 Å². The highest BCUT2D eigenvalue weighted by Crippen LogP contribution is 2.38. The van der Waals surface area contributed by atoms with Crippen LogP contribution in [0.2, 0.25) is 0 Å². The molecule has 1 aromatic heterocycles. The average molecular weight is 267 g/mol. The Kier molecular flexibility index (Phi) is 2.69. The molecule has 4 rings (SSSR count). The van der Waals surface area contributed by atoms with E-state index in [1.54, 1.807) is 6.20 Å². The molecular formula is C16H17N3O. The third kappa shape index (κ3) is 1.87. The number of benzene rings is 1. The zero-order valence-electron chi connectivity index (χ0n) is 11.3. The van der Waals surface area contributed by atoms with Gasteiger partial charge in [0.15, 0.2) is 0 Å². The summed E-state index contributed by atoms with van der Waals surface area (Å²) in [5.74, 6) is 1.47. The van der Waals surface area contributed by atoms with Crippen molar-refractivity contribution in [2.75, 3.05) is 13.1 Å². The van der Waals surface area contributed by atoms with Crippen molar-refractivity contribution in [3.05, 3.63) is 36.2 Å². The highest BCUT2D eigenvalue weighted by atomic mass is 16.2. The van der Waals surface area contributed by atoms with Crippen molar-refractivity contribution in [1.29, 1.82) is 0 Å². The zero-order chi connectivity index (χ0) is 13.5. The van der Waals surface area contributed by atoms with E-state index in [1.807, 2.05) is 29.2 Å². The molecule has 1 amide bonds. The molecule has 0 radical (unpaired) electrons. The monoisotopic (exact) mass is 267 g/mol. The summed E-state index contributed by atoms with van der Waals surface area (Å²) in [7, 11) is 0. The van der Waals surface area contributed by atoms with Crippen molar-refractivity contribution in [1.82, 2.24) is 14.9 Å². The summed E-state index contributed by atoms with van der Waals surface area (Å²) in [5, 5.41) is 0. The predicted molar refractivity (Wildman–Crippen MR) is 76.3 cm³/mol. The number of para-hydroxylation sites is 2. The lowest BCUT2D eigenvalue weighted by molar-refractivity contribution is 0.0775. The molecular weight excluding hydrogens is 250 g/mol. The number of carbonyl (C=O) groups is 1. The van der Waals surface area contributed by atoms with E-state index in [4.69, 9.17) is 0 Å². The molecule has 1 saturated carbocycles. The Balaban J connectivity index is 1.61. The first-order valence-corrected chi connectivity index (χ1v) is 7.32. The van der Waals surface area contributed by atoms with Crippen LogP contribution >= 0.6 is 0 Å². The van der Waals surface area contributed by atoms with Crippen LogP contribution in [-0.2, 0) is 0 Å². The van der Waals surface area contributed by atoms with E-state index >= 15 is 0 Å². The first-order valence-electron chi connectivity index (χ1n) is 7.32. The first-order chi connectivity index (χ1) is 9.81. The van der Waals surface area contributed by atoms with E-state index in [-0.39, 0.29) is 5.91 Å². The van der Waals surface area contributed by atoms with E-state index in [0.29, 0.717) is 17.5 Å². The smallest absolute Gasteiger partial charge is 0.274 e. The fourth-order valence-corrected chi connectivity index (χ4v) is 3.62. The van der Waals surface area contributed by atoms with Crippen molar-refractivity contribution in [3.8, 4) is 0 Å². The Morgan fingerprint density at radius 2 is 1.80 bits per heavy atom. The van der Waals surface area contributed by atoms with Crippen LogP contribution in [0.25, 0.3) is 11.0 Å². The number of amides is 1. The van der Waals surface area contributed by atoms with Crippen molar-refractivity contribution < 1.29 is 4.79 Å². The van der Waals surface area contributed by atoms with E-state index in [2.05, 4.69) is 9.97 Å². The quantitative estimate of drug-likeness (QED) is 0.797. The first kappa shape index (κ1) is 11.8. The molecule has 0 N–H and O–H groups in total. The van der Waals surface area contributed by atoms with Crippen molar-refractivity contribution in [2.24, 2.45) is 11.8 Å². The van der Waals surface area contributed by atoms with E-state index < -0.39 is 0 Å². The lowest BCUT2D eigenvalue weighted by Crippen LogP contribution is -2.30. The molecule has 4 nitrogen and oxygen atoms in total. The fourth-order valence-electron chi connectivity index (χ4n) is 3.62. The van der Waals surface area contributed by atoms with Crippen LogP contribution in [0.4, 0.5) is 0 Å². The molecule has 1 aromatic carbocycles. The van der Waals surface area contributed by atoms with Crippen LogP contribution in [0, 0.1) is 11.8 Å². The highest BCUT2D eigenvalue weighted by molar-refractivity contribution is 5.94. The summed E-state index contributed by atoms with van der Waals surface area (Å²) in [5.41, 5.74) is 2.10.